The third-order valence-corrected chi connectivity index (χ3v) is 2.99. The molecular formula is C8H12BrN3. The summed E-state index contributed by atoms with van der Waals surface area (Å²) in [7, 11) is 1.93. The predicted molar refractivity (Wildman–Crippen MR) is 50.6 cm³/mol. The highest BCUT2D eigenvalue weighted by molar-refractivity contribution is 9.10. The average Bonchev–Trinajstić information content (AvgIpc) is 2.79. The molecule has 4 heteroatoms. The van der Waals surface area contributed by atoms with E-state index >= 15 is 0 Å². The fraction of sp³-hybridized carbons (Fsp3) is 0.625. The van der Waals surface area contributed by atoms with Crippen molar-refractivity contribution in [1.82, 2.24) is 9.78 Å². The van der Waals surface area contributed by atoms with Crippen molar-refractivity contribution < 1.29 is 0 Å². The van der Waals surface area contributed by atoms with Gasteiger partial charge in [0, 0.05) is 7.05 Å². The molecule has 1 heterocycles. The van der Waals surface area contributed by atoms with Gasteiger partial charge in [-0.25, -0.2) is 0 Å². The molecule has 66 valence electrons. The molecule has 2 N–H and O–H groups in total. The van der Waals surface area contributed by atoms with Gasteiger partial charge in [0.05, 0.1) is 22.4 Å². The Kier molecular flexibility index (Phi) is 1.96. The fourth-order valence-corrected chi connectivity index (χ4v) is 2.09. The van der Waals surface area contributed by atoms with Crippen LogP contribution >= 0.6 is 15.9 Å². The zero-order valence-electron chi connectivity index (χ0n) is 7.00. The van der Waals surface area contributed by atoms with E-state index in [9.17, 15) is 0 Å². The zero-order valence-corrected chi connectivity index (χ0v) is 8.58. The highest BCUT2D eigenvalue weighted by atomic mass is 79.9. The second-order valence-corrected chi connectivity index (χ2v) is 4.22. The molecule has 1 aliphatic carbocycles. The Morgan fingerprint density at radius 2 is 2.42 bits per heavy atom. The molecule has 0 radical (unpaired) electrons. The smallest absolute Gasteiger partial charge is 0.0692 e. The minimum Gasteiger partial charge on any atom is -0.322 e. The molecule has 0 aromatic carbocycles. The van der Waals surface area contributed by atoms with Crippen LogP contribution in [0.1, 0.15) is 24.6 Å². The number of aromatic nitrogens is 2. The molecule has 1 aromatic rings. The molecule has 0 aliphatic heterocycles. The van der Waals surface area contributed by atoms with Crippen LogP contribution in [0.25, 0.3) is 0 Å². The van der Waals surface area contributed by atoms with Crippen molar-refractivity contribution in [3.05, 3.63) is 16.4 Å². The second kappa shape index (κ2) is 2.85. The van der Waals surface area contributed by atoms with Crippen LogP contribution in [0.4, 0.5) is 0 Å². The van der Waals surface area contributed by atoms with Crippen LogP contribution in [0.5, 0.6) is 0 Å². The van der Waals surface area contributed by atoms with E-state index in [1.807, 2.05) is 11.7 Å². The summed E-state index contributed by atoms with van der Waals surface area (Å²) in [5, 5.41) is 4.14. The first-order valence-electron chi connectivity index (χ1n) is 4.13. The quantitative estimate of drug-likeness (QED) is 0.838. The van der Waals surface area contributed by atoms with E-state index in [1.165, 1.54) is 12.8 Å². The first-order chi connectivity index (χ1) is 5.70. The van der Waals surface area contributed by atoms with E-state index in [4.69, 9.17) is 5.73 Å². The first kappa shape index (κ1) is 8.26. The first-order valence-corrected chi connectivity index (χ1v) is 4.92. The summed E-state index contributed by atoms with van der Waals surface area (Å²) in [6.45, 7) is 0. The highest BCUT2D eigenvalue weighted by Gasteiger charge is 2.32. The molecule has 0 bridgehead atoms. The molecule has 0 saturated heterocycles. The molecule has 1 unspecified atom stereocenters. The van der Waals surface area contributed by atoms with E-state index in [0.717, 1.165) is 10.2 Å². The van der Waals surface area contributed by atoms with Crippen LogP contribution in [-0.4, -0.2) is 9.78 Å². The van der Waals surface area contributed by atoms with Crippen molar-refractivity contribution >= 4 is 15.9 Å². The van der Waals surface area contributed by atoms with E-state index in [-0.39, 0.29) is 6.04 Å². The Morgan fingerprint density at radius 3 is 2.83 bits per heavy atom. The molecule has 2 rings (SSSR count). The Bertz CT molecular complexity index is 271. The monoisotopic (exact) mass is 229 g/mol. The van der Waals surface area contributed by atoms with Crippen LogP contribution < -0.4 is 5.73 Å². The third-order valence-electron chi connectivity index (χ3n) is 2.38. The number of hydrogen-bond acceptors (Lipinski definition) is 2. The van der Waals surface area contributed by atoms with Gasteiger partial charge in [-0.3, -0.25) is 4.68 Å². The molecule has 3 nitrogen and oxygen atoms in total. The SMILES string of the molecule is Cn1ncc(Br)c1C(N)C1CC1. The summed E-state index contributed by atoms with van der Waals surface area (Å²) in [6.07, 6.45) is 4.33. The van der Waals surface area contributed by atoms with Gasteiger partial charge in [-0.05, 0) is 34.7 Å². The summed E-state index contributed by atoms with van der Waals surface area (Å²) in [5.74, 6) is 0.677. The van der Waals surface area contributed by atoms with Gasteiger partial charge in [0.25, 0.3) is 0 Å². The Labute approximate surface area is 80.1 Å². The van der Waals surface area contributed by atoms with E-state index in [2.05, 4.69) is 21.0 Å². The van der Waals surface area contributed by atoms with Crippen molar-refractivity contribution in [3.8, 4) is 0 Å². The number of rotatable bonds is 2. The third kappa shape index (κ3) is 1.29. The number of halogens is 1. The maximum absolute atomic E-state index is 6.06. The largest absolute Gasteiger partial charge is 0.322 e. The summed E-state index contributed by atoms with van der Waals surface area (Å²) in [5.41, 5.74) is 7.18. The summed E-state index contributed by atoms with van der Waals surface area (Å²) in [6, 6.07) is 0.159. The molecule has 12 heavy (non-hydrogen) atoms. The highest BCUT2D eigenvalue weighted by Crippen LogP contribution is 2.40. The Balaban J connectivity index is 2.30. The van der Waals surface area contributed by atoms with Crippen molar-refractivity contribution in [2.45, 2.75) is 18.9 Å². The molecule has 1 atom stereocenters. The lowest BCUT2D eigenvalue weighted by Gasteiger charge is -2.10. The lowest BCUT2D eigenvalue weighted by molar-refractivity contribution is 0.564. The Morgan fingerprint density at radius 1 is 1.75 bits per heavy atom. The predicted octanol–water partition coefficient (Wildman–Crippen LogP) is 1.59. The minimum absolute atomic E-state index is 0.159. The number of aryl methyl sites for hydroxylation is 1. The molecule has 1 aromatic heterocycles. The van der Waals surface area contributed by atoms with E-state index in [0.29, 0.717) is 5.92 Å². The van der Waals surface area contributed by atoms with Crippen LogP contribution in [0.2, 0.25) is 0 Å². The van der Waals surface area contributed by atoms with Crippen LogP contribution in [0.3, 0.4) is 0 Å². The summed E-state index contributed by atoms with van der Waals surface area (Å²) in [4.78, 5) is 0. The summed E-state index contributed by atoms with van der Waals surface area (Å²) < 4.78 is 2.89. The van der Waals surface area contributed by atoms with Gasteiger partial charge in [-0.2, -0.15) is 5.10 Å². The van der Waals surface area contributed by atoms with Crippen molar-refractivity contribution in [2.75, 3.05) is 0 Å². The van der Waals surface area contributed by atoms with E-state index in [1.54, 1.807) is 6.20 Å². The number of hydrogen-bond donors (Lipinski definition) is 1. The normalized spacial score (nSPS) is 19.6. The molecule has 0 amide bonds. The Hall–Kier alpha value is -0.350. The second-order valence-electron chi connectivity index (χ2n) is 3.36. The van der Waals surface area contributed by atoms with Gasteiger partial charge in [-0.1, -0.05) is 0 Å². The average molecular weight is 230 g/mol. The maximum Gasteiger partial charge on any atom is 0.0692 e. The van der Waals surface area contributed by atoms with Crippen LogP contribution in [0.15, 0.2) is 10.7 Å². The maximum atomic E-state index is 6.06. The van der Waals surface area contributed by atoms with E-state index < -0.39 is 0 Å². The molecule has 0 spiro atoms. The topological polar surface area (TPSA) is 43.8 Å². The van der Waals surface area contributed by atoms with Crippen molar-refractivity contribution in [3.63, 3.8) is 0 Å². The molecular weight excluding hydrogens is 218 g/mol. The lowest BCUT2D eigenvalue weighted by atomic mass is 10.1. The van der Waals surface area contributed by atoms with Gasteiger partial charge in [0.2, 0.25) is 0 Å². The fourth-order valence-electron chi connectivity index (χ4n) is 1.47. The van der Waals surface area contributed by atoms with Crippen LogP contribution in [-0.2, 0) is 7.05 Å². The number of nitrogens with two attached hydrogens (primary N) is 1. The van der Waals surface area contributed by atoms with Crippen molar-refractivity contribution in [2.24, 2.45) is 18.7 Å². The molecule has 1 saturated carbocycles. The van der Waals surface area contributed by atoms with Gasteiger partial charge in [-0.15, -0.1) is 0 Å². The minimum atomic E-state index is 0.159. The van der Waals surface area contributed by atoms with Crippen molar-refractivity contribution in [1.29, 1.82) is 0 Å². The van der Waals surface area contributed by atoms with Gasteiger partial charge < -0.3 is 5.73 Å². The summed E-state index contributed by atoms with van der Waals surface area (Å²) >= 11 is 3.45. The van der Waals surface area contributed by atoms with Crippen LogP contribution in [0, 0.1) is 5.92 Å². The lowest BCUT2D eigenvalue weighted by Crippen LogP contribution is -2.16. The number of nitrogens with zero attached hydrogens (tertiary/aromatic N) is 2. The van der Waals surface area contributed by atoms with Gasteiger partial charge in [0.15, 0.2) is 0 Å². The standard InChI is InChI=1S/C8H12BrN3/c1-12-8(6(9)4-11-12)7(10)5-2-3-5/h4-5,7H,2-3,10H2,1H3. The van der Waals surface area contributed by atoms with Gasteiger partial charge in [0.1, 0.15) is 0 Å². The molecule has 1 aliphatic rings. The molecule has 1 fully saturated rings. The zero-order chi connectivity index (χ0) is 8.72. The van der Waals surface area contributed by atoms with Gasteiger partial charge >= 0.3 is 0 Å².